The van der Waals surface area contributed by atoms with Crippen molar-refractivity contribution in [2.75, 3.05) is 0 Å². The Morgan fingerprint density at radius 2 is 1.83 bits per heavy atom. The molecule has 1 aromatic rings. The van der Waals surface area contributed by atoms with Crippen LogP contribution in [0.15, 0.2) is 29.2 Å². The molecule has 0 aliphatic heterocycles. The van der Waals surface area contributed by atoms with Crippen molar-refractivity contribution in [3.05, 3.63) is 29.8 Å². The Hall–Kier alpha value is -0.470. The fourth-order valence-corrected chi connectivity index (χ4v) is 2.84. The number of nitrogens with one attached hydrogen (secondary N) is 1. The van der Waals surface area contributed by atoms with Crippen LogP contribution in [-0.2, 0) is 6.54 Å². The van der Waals surface area contributed by atoms with Gasteiger partial charge < -0.3 is 5.32 Å². The van der Waals surface area contributed by atoms with Gasteiger partial charge in [0, 0.05) is 22.2 Å². The Morgan fingerprint density at radius 1 is 1.17 bits per heavy atom. The largest absolute Gasteiger partial charge is 0.308 e. The first-order valence-corrected chi connectivity index (χ1v) is 7.83. The summed E-state index contributed by atoms with van der Waals surface area (Å²) in [5, 5.41) is 4.28. The Labute approximate surface area is 117 Å². The number of thioether (sulfide) groups is 1. The lowest BCUT2D eigenvalue weighted by Crippen LogP contribution is -2.35. The molecule has 1 aromatic carbocycles. The zero-order valence-corrected chi connectivity index (χ0v) is 13.2. The lowest BCUT2D eigenvalue weighted by Gasteiger charge is -2.21. The van der Waals surface area contributed by atoms with Gasteiger partial charge in [-0.05, 0) is 51.3 Å². The molecular weight excluding hydrogens is 238 g/mol. The Morgan fingerprint density at radius 3 is 2.39 bits per heavy atom. The molecule has 0 aliphatic carbocycles. The van der Waals surface area contributed by atoms with Gasteiger partial charge in [0.1, 0.15) is 0 Å². The summed E-state index contributed by atoms with van der Waals surface area (Å²) < 4.78 is 0. The minimum Gasteiger partial charge on any atom is -0.308 e. The maximum atomic E-state index is 3.54. The van der Waals surface area contributed by atoms with E-state index in [9.17, 15) is 0 Å². The molecule has 0 spiro atoms. The predicted molar refractivity (Wildman–Crippen MR) is 83.3 cm³/mol. The Balaban J connectivity index is 2.62. The van der Waals surface area contributed by atoms with Gasteiger partial charge in [0.05, 0.1) is 0 Å². The van der Waals surface area contributed by atoms with Crippen LogP contribution in [0.3, 0.4) is 0 Å². The van der Waals surface area contributed by atoms with E-state index in [1.54, 1.807) is 0 Å². The molecule has 1 rings (SSSR count). The summed E-state index contributed by atoms with van der Waals surface area (Å²) in [6.07, 6.45) is 2.48. The van der Waals surface area contributed by atoms with Gasteiger partial charge in [0.15, 0.2) is 0 Å². The first-order valence-electron chi connectivity index (χ1n) is 6.95. The van der Waals surface area contributed by atoms with E-state index in [0.717, 1.165) is 11.8 Å². The number of hydrogen-bond acceptors (Lipinski definition) is 2. The molecule has 0 aromatic heterocycles. The molecule has 2 heteroatoms. The Bertz CT molecular complexity index is 350. The van der Waals surface area contributed by atoms with E-state index < -0.39 is 0 Å². The fraction of sp³-hybridized carbons (Fsp3) is 0.625. The standard InChI is InChI=1S/C16H27NS/c1-6-14(7-2)18-15-10-8-9-13(11-15)12-17-16(3,4)5/h8-11,14,17H,6-7,12H2,1-5H3. The molecule has 1 nitrogen and oxygen atoms in total. The van der Waals surface area contributed by atoms with Crippen LogP contribution in [-0.4, -0.2) is 10.8 Å². The third-order valence-corrected chi connectivity index (χ3v) is 4.46. The van der Waals surface area contributed by atoms with Crippen LogP contribution in [0.25, 0.3) is 0 Å². The summed E-state index contributed by atoms with van der Waals surface area (Å²) in [6.45, 7) is 12.1. The summed E-state index contributed by atoms with van der Waals surface area (Å²) in [4.78, 5) is 1.40. The number of hydrogen-bond donors (Lipinski definition) is 1. The highest BCUT2D eigenvalue weighted by molar-refractivity contribution is 8.00. The van der Waals surface area contributed by atoms with Gasteiger partial charge >= 0.3 is 0 Å². The Kier molecular flexibility index (Phi) is 6.24. The molecule has 0 fully saturated rings. The highest BCUT2D eigenvalue weighted by Crippen LogP contribution is 2.27. The van der Waals surface area contributed by atoms with Crippen LogP contribution >= 0.6 is 11.8 Å². The molecule has 0 saturated heterocycles. The average Bonchev–Trinajstić information content (AvgIpc) is 2.33. The van der Waals surface area contributed by atoms with Crippen molar-refractivity contribution in [3.63, 3.8) is 0 Å². The minimum absolute atomic E-state index is 0.179. The van der Waals surface area contributed by atoms with Crippen molar-refractivity contribution in [2.45, 2.75) is 69.7 Å². The highest BCUT2D eigenvalue weighted by atomic mass is 32.2. The summed E-state index contributed by atoms with van der Waals surface area (Å²) in [5.41, 5.74) is 1.55. The maximum absolute atomic E-state index is 3.54. The number of rotatable bonds is 6. The molecule has 1 N–H and O–H groups in total. The first kappa shape index (κ1) is 15.6. The molecule has 18 heavy (non-hydrogen) atoms. The fourth-order valence-electron chi connectivity index (χ4n) is 1.74. The first-order chi connectivity index (χ1) is 8.44. The van der Waals surface area contributed by atoms with Gasteiger partial charge in [-0.25, -0.2) is 0 Å². The van der Waals surface area contributed by atoms with Crippen LogP contribution in [0.5, 0.6) is 0 Å². The van der Waals surface area contributed by atoms with Crippen LogP contribution in [0.2, 0.25) is 0 Å². The van der Waals surface area contributed by atoms with Gasteiger partial charge in [-0.1, -0.05) is 26.0 Å². The highest BCUT2D eigenvalue weighted by Gasteiger charge is 2.09. The van der Waals surface area contributed by atoms with E-state index in [2.05, 4.69) is 64.2 Å². The second-order valence-corrected chi connectivity index (χ2v) is 7.18. The summed E-state index contributed by atoms with van der Waals surface area (Å²) >= 11 is 2.01. The lowest BCUT2D eigenvalue weighted by molar-refractivity contribution is 0.424. The normalized spacial score (nSPS) is 12.1. The van der Waals surface area contributed by atoms with Crippen molar-refractivity contribution in [2.24, 2.45) is 0 Å². The third-order valence-electron chi connectivity index (χ3n) is 2.93. The average molecular weight is 265 g/mol. The summed E-state index contributed by atoms with van der Waals surface area (Å²) in [6, 6.07) is 8.92. The molecular formula is C16H27NS. The van der Waals surface area contributed by atoms with Crippen molar-refractivity contribution in [1.29, 1.82) is 0 Å². The zero-order valence-electron chi connectivity index (χ0n) is 12.4. The van der Waals surface area contributed by atoms with E-state index in [-0.39, 0.29) is 5.54 Å². The third kappa shape index (κ3) is 5.92. The van der Waals surface area contributed by atoms with Crippen molar-refractivity contribution < 1.29 is 0 Å². The van der Waals surface area contributed by atoms with Crippen molar-refractivity contribution in [1.82, 2.24) is 5.32 Å². The smallest absolute Gasteiger partial charge is 0.0210 e. The van der Waals surface area contributed by atoms with E-state index in [1.165, 1.54) is 23.3 Å². The van der Waals surface area contributed by atoms with Gasteiger partial charge in [-0.15, -0.1) is 11.8 Å². The van der Waals surface area contributed by atoms with Crippen LogP contribution in [0.1, 0.15) is 53.0 Å². The van der Waals surface area contributed by atoms with Crippen LogP contribution < -0.4 is 5.32 Å². The lowest BCUT2D eigenvalue weighted by atomic mass is 10.1. The monoisotopic (exact) mass is 265 g/mol. The van der Waals surface area contributed by atoms with Gasteiger partial charge in [-0.2, -0.15) is 0 Å². The SMILES string of the molecule is CCC(CC)Sc1cccc(CNC(C)(C)C)c1. The van der Waals surface area contributed by atoms with E-state index in [1.807, 2.05) is 11.8 Å². The van der Waals surface area contributed by atoms with Gasteiger partial charge in [0.25, 0.3) is 0 Å². The molecule has 0 bridgehead atoms. The molecule has 0 unspecified atom stereocenters. The van der Waals surface area contributed by atoms with Crippen molar-refractivity contribution >= 4 is 11.8 Å². The second-order valence-electron chi connectivity index (χ2n) is 5.81. The molecule has 0 aliphatic rings. The van der Waals surface area contributed by atoms with Crippen LogP contribution in [0, 0.1) is 0 Å². The maximum Gasteiger partial charge on any atom is 0.0210 e. The molecule has 0 radical (unpaired) electrons. The second kappa shape index (κ2) is 7.20. The van der Waals surface area contributed by atoms with E-state index in [0.29, 0.717) is 0 Å². The summed E-state index contributed by atoms with van der Waals surface area (Å²) in [7, 11) is 0. The number of benzene rings is 1. The van der Waals surface area contributed by atoms with Crippen LogP contribution in [0.4, 0.5) is 0 Å². The summed E-state index contributed by atoms with van der Waals surface area (Å²) in [5.74, 6) is 0. The van der Waals surface area contributed by atoms with Gasteiger partial charge in [0.2, 0.25) is 0 Å². The zero-order chi connectivity index (χ0) is 13.6. The molecule has 0 saturated carbocycles. The molecule has 0 amide bonds. The minimum atomic E-state index is 0.179. The predicted octanol–water partition coefficient (Wildman–Crippen LogP) is 4.86. The van der Waals surface area contributed by atoms with Crippen molar-refractivity contribution in [3.8, 4) is 0 Å². The molecule has 102 valence electrons. The van der Waals surface area contributed by atoms with E-state index in [4.69, 9.17) is 0 Å². The van der Waals surface area contributed by atoms with Gasteiger partial charge in [-0.3, -0.25) is 0 Å². The topological polar surface area (TPSA) is 12.0 Å². The quantitative estimate of drug-likeness (QED) is 0.738. The molecule has 0 atom stereocenters. The molecule has 0 heterocycles. The van der Waals surface area contributed by atoms with E-state index >= 15 is 0 Å².